The molecule has 0 saturated heterocycles. The molecule has 0 aliphatic heterocycles. The first-order chi connectivity index (χ1) is 16.5. The van der Waals surface area contributed by atoms with Gasteiger partial charge in [0.05, 0.1) is 17.8 Å². The average molecular weight is 538 g/mol. The topological polar surface area (TPSA) is 143 Å². The molecule has 0 radical (unpaired) electrons. The zero-order valence-electron chi connectivity index (χ0n) is 19.6. The summed E-state index contributed by atoms with van der Waals surface area (Å²) in [5, 5.41) is 23.4. The van der Waals surface area contributed by atoms with Crippen LogP contribution >= 0.6 is 34.5 Å². The monoisotopic (exact) mass is 537 g/mol. The van der Waals surface area contributed by atoms with E-state index in [0.717, 1.165) is 5.56 Å². The van der Waals surface area contributed by atoms with Crippen molar-refractivity contribution in [3.8, 4) is 0 Å². The Kier molecular flexibility index (Phi) is 8.70. The fourth-order valence-electron chi connectivity index (χ4n) is 3.09. The lowest BCUT2D eigenvalue weighted by Gasteiger charge is -2.20. The summed E-state index contributed by atoms with van der Waals surface area (Å²) in [5.41, 5.74) is 0.577. The molecule has 1 atom stereocenters. The number of Topliss-reactive ketones (excluding diaryl/α,β-unsaturated/α-hetero) is 1. The zero-order valence-corrected chi connectivity index (χ0v) is 21.9. The summed E-state index contributed by atoms with van der Waals surface area (Å²) in [6, 6.07) is 1.70. The Morgan fingerprint density at radius 2 is 1.91 bits per heavy atom. The number of thiazole rings is 1. The number of hydrogen-bond donors (Lipinski definition) is 3. The van der Waals surface area contributed by atoms with E-state index in [1.165, 1.54) is 23.9 Å². The maximum atomic E-state index is 12.8. The summed E-state index contributed by atoms with van der Waals surface area (Å²) >= 11 is 13.6. The molecule has 0 aromatic carbocycles. The number of nitrogens with one attached hydrogen (secondary N) is 2. The number of nitrogens with zero attached hydrogens (tertiary/aromatic N) is 5. The Bertz CT molecular complexity index is 1230. The highest BCUT2D eigenvalue weighted by Gasteiger charge is 2.23. The van der Waals surface area contributed by atoms with E-state index in [2.05, 4.69) is 35.8 Å². The molecule has 0 bridgehead atoms. The van der Waals surface area contributed by atoms with Crippen LogP contribution in [0.3, 0.4) is 0 Å². The highest BCUT2D eigenvalue weighted by atomic mass is 35.5. The third kappa shape index (κ3) is 6.69. The number of amides is 1. The van der Waals surface area contributed by atoms with Crippen molar-refractivity contribution in [2.45, 2.75) is 45.4 Å². The zero-order chi connectivity index (χ0) is 25.8. The van der Waals surface area contributed by atoms with Crippen LogP contribution in [-0.2, 0) is 5.41 Å². The molecular weight excluding hydrogens is 513 g/mol. The lowest BCUT2D eigenvalue weighted by Crippen LogP contribution is -2.17. The van der Waals surface area contributed by atoms with Crippen LogP contribution in [0, 0.1) is 0 Å². The van der Waals surface area contributed by atoms with Gasteiger partial charge in [-0.25, -0.2) is 15.0 Å². The van der Waals surface area contributed by atoms with Crippen LogP contribution in [0.15, 0.2) is 18.6 Å². The lowest BCUT2D eigenvalue weighted by molar-refractivity contribution is 0.0969. The van der Waals surface area contributed by atoms with Crippen LogP contribution in [0.5, 0.6) is 0 Å². The van der Waals surface area contributed by atoms with Crippen LogP contribution in [0.1, 0.15) is 70.8 Å². The van der Waals surface area contributed by atoms with Crippen LogP contribution in [0.4, 0.5) is 11.6 Å². The minimum atomic E-state index is -0.387. The minimum absolute atomic E-state index is 0.0828. The highest BCUT2D eigenvalue weighted by molar-refractivity contribution is 7.13. The summed E-state index contributed by atoms with van der Waals surface area (Å²) in [7, 11) is 0. The number of aromatic nitrogens is 5. The Hall–Kier alpha value is -2.73. The van der Waals surface area contributed by atoms with Gasteiger partial charge in [0.25, 0.3) is 5.91 Å². The van der Waals surface area contributed by atoms with Gasteiger partial charge in [-0.1, -0.05) is 50.9 Å². The van der Waals surface area contributed by atoms with E-state index in [1.54, 1.807) is 6.07 Å². The summed E-state index contributed by atoms with van der Waals surface area (Å²) < 4.78 is 0. The molecule has 3 heterocycles. The highest BCUT2D eigenvalue weighted by Crippen LogP contribution is 2.31. The van der Waals surface area contributed by atoms with Gasteiger partial charge in [0.15, 0.2) is 16.8 Å². The van der Waals surface area contributed by atoms with Crippen LogP contribution in [-0.4, -0.2) is 55.1 Å². The van der Waals surface area contributed by atoms with Crippen molar-refractivity contribution in [3.05, 3.63) is 49.9 Å². The molecule has 3 aromatic heterocycles. The summed E-state index contributed by atoms with van der Waals surface area (Å²) in [6.45, 7) is 7.92. The van der Waals surface area contributed by atoms with Gasteiger partial charge in [-0.15, -0.1) is 21.5 Å². The molecule has 35 heavy (non-hydrogen) atoms. The Balaban J connectivity index is 1.69. The van der Waals surface area contributed by atoms with Crippen molar-refractivity contribution in [1.29, 1.82) is 0 Å². The summed E-state index contributed by atoms with van der Waals surface area (Å²) in [4.78, 5) is 38.2. The second kappa shape index (κ2) is 11.3. The van der Waals surface area contributed by atoms with E-state index < -0.39 is 0 Å². The molecule has 3 rings (SSSR count). The predicted octanol–water partition coefficient (Wildman–Crippen LogP) is 4.36. The maximum Gasteiger partial charge on any atom is 0.268 e. The third-order valence-electron chi connectivity index (χ3n) is 4.92. The molecule has 0 aliphatic carbocycles. The SMILES string of the molecule is CC(CC(=O)c1ncnc(NCCO)c1Cl)c1ncc(C(=O)Nc2cc(C(C)(C)C)c(Cl)nn2)s1. The van der Waals surface area contributed by atoms with E-state index in [-0.39, 0.29) is 70.1 Å². The number of ketones is 1. The van der Waals surface area contributed by atoms with E-state index >= 15 is 0 Å². The minimum Gasteiger partial charge on any atom is -0.395 e. The maximum absolute atomic E-state index is 12.8. The van der Waals surface area contributed by atoms with E-state index in [9.17, 15) is 9.59 Å². The second-order valence-corrected chi connectivity index (χ2v) is 10.6. The molecule has 0 saturated carbocycles. The number of aliphatic hydroxyl groups excluding tert-OH is 1. The van der Waals surface area contributed by atoms with Crippen LogP contribution < -0.4 is 10.6 Å². The Morgan fingerprint density at radius 1 is 1.17 bits per heavy atom. The molecule has 0 fully saturated rings. The van der Waals surface area contributed by atoms with Gasteiger partial charge in [0, 0.05) is 24.4 Å². The summed E-state index contributed by atoms with van der Waals surface area (Å²) in [5.74, 6) is -0.394. The smallest absolute Gasteiger partial charge is 0.268 e. The second-order valence-electron chi connectivity index (χ2n) is 8.76. The lowest BCUT2D eigenvalue weighted by atomic mass is 9.88. The average Bonchev–Trinajstić information content (AvgIpc) is 3.29. The number of carbonyl (C=O) groups excluding carboxylic acids is 2. The van der Waals surface area contributed by atoms with Gasteiger partial charge in [0.1, 0.15) is 27.7 Å². The molecule has 0 spiro atoms. The fraction of sp³-hybridized carbons (Fsp3) is 0.409. The van der Waals surface area contributed by atoms with Gasteiger partial charge in [-0.05, 0) is 11.5 Å². The molecule has 1 amide bonds. The summed E-state index contributed by atoms with van der Waals surface area (Å²) in [6.07, 6.45) is 2.78. The Morgan fingerprint density at radius 3 is 2.60 bits per heavy atom. The van der Waals surface area contributed by atoms with Crippen LogP contribution in [0.2, 0.25) is 10.2 Å². The van der Waals surface area contributed by atoms with Crippen molar-refractivity contribution >= 4 is 57.9 Å². The Labute approximate surface area is 216 Å². The van der Waals surface area contributed by atoms with Gasteiger partial charge in [0.2, 0.25) is 0 Å². The van der Waals surface area contributed by atoms with Gasteiger partial charge in [-0.2, -0.15) is 0 Å². The quantitative estimate of drug-likeness (QED) is 0.339. The van der Waals surface area contributed by atoms with Crippen molar-refractivity contribution in [1.82, 2.24) is 25.1 Å². The van der Waals surface area contributed by atoms with Crippen LogP contribution in [0.25, 0.3) is 0 Å². The van der Waals surface area contributed by atoms with Crippen molar-refractivity contribution < 1.29 is 14.7 Å². The predicted molar refractivity (Wildman–Crippen MR) is 136 cm³/mol. The van der Waals surface area contributed by atoms with E-state index in [4.69, 9.17) is 28.3 Å². The molecular formula is C22H25Cl2N7O3S. The van der Waals surface area contributed by atoms with E-state index in [1.807, 2.05) is 27.7 Å². The molecule has 10 nitrogen and oxygen atoms in total. The first-order valence-electron chi connectivity index (χ1n) is 10.7. The fourth-order valence-corrected chi connectivity index (χ4v) is 4.60. The van der Waals surface area contributed by atoms with Gasteiger partial charge >= 0.3 is 0 Å². The van der Waals surface area contributed by atoms with Gasteiger partial charge < -0.3 is 15.7 Å². The molecule has 13 heteroatoms. The van der Waals surface area contributed by atoms with Crippen molar-refractivity contribution in [3.63, 3.8) is 0 Å². The number of carbonyl (C=O) groups is 2. The first kappa shape index (κ1) is 26.9. The first-order valence-corrected chi connectivity index (χ1v) is 12.3. The van der Waals surface area contributed by atoms with Crippen molar-refractivity contribution in [2.75, 3.05) is 23.8 Å². The molecule has 1 unspecified atom stereocenters. The normalized spacial score (nSPS) is 12.3. The number of anilines is 2. The number of hydrogen-bond acceptors (Lipinski definition) is 10. The largest absolute Gasteiger partial charge is 0.395 e. The van der Waals surface area contributed by atoms with Gasteiger partial charge in [-0.3, -0.25) is 9.59 Å². The standard InChI is InChI=1S/C22H25Cl2N7O3S/c1-11(7-13(33)17-16(23)19(25-5-6-32)28-10-27-17)21-26-9-14(35-21)20(34)29-15-8-12(22(2,3)4)18(24)31-30-15/h8-11,32H,5-7H2,1-4H3,(H,25,27,28)(H,29,30,34). The number of halogens is 2. The molecule has 3 N–H and O–H groups in total. The van der Waals surface area contributed by atoms with E-state index in [0.29, 0.717) is 9.88 Å². The number of rotatable bonds is 9. The number of aliphatic hydroxyl groups is 1. The molecule has 3 aromatic rings. The third-order valence-corrected chi connectivity index (χ3v) is 6.78. The van der Waals surface area contributed by atoms with Crippen molar-refractivity contribution in [2.24, 2.45) is 0 Å². The molecule has 186 valence electrons. The molecule has 0 aliphatic rings.